The van der Waals surface area contributed by atoms with Gasteiger partial charge in [-0.05, 0) is 110 Å². The monoisotopic (exact) mass is 505 g/mol. The Hall–Kier alpha value is -1.82. The summed E-state index contributed by atoms with van der Waals surface area (Å²) in [7, 11) is 1.69. The molecule has 4 saturated carbocycles. The van der Waals surface area contributed by atoms with Gasteiger partial charge >= 0.3 is 0 Å². The van der Waals surface area contributed by atoms with E-state index in [1.54, 1.807) is 14.0 Å². The Kier molecular flexibility index (Phi) is 5.15. The summed E-state index contributed by atoms with van der Waals surface area (Å²) in [6, 6.07) is 8.72. The molecule has 0 heterocycles. The standard InChI is InChI=1S/C32H43NO4/c1-19(34)18-33-23-7-4-6-20(15-23)14-21-9-12-30-13-10-22-16-25-28-26(35)17-27(37-3)32(28,36)31(22,29(25,30)2)11-5-8-24(21)30/h4-8,15,17,19,21-22,24-25,27-28,33-36H,9-14,16,18H2,1-3H3. The number of aliphatic hydroxyl groups is 3. The predicted octanol–water partition coefficient (Wildman–Crippen LogP) is 5.25. The second-order valence-corrected chi connectivity index (χ2v) is 13.5. The summed E-state index contributed by atoms with van der Waals surface area (Å²) in [4.78, 5) is 0. The van der Waals surface area contributed by atoms with Crippen molar-refractivity contribution in [2.45, 2.75) is 76.6 Å². The van der Waals surface area contributed by atoms with Crippen molar-refractivity contribution in [1.82, 2.24) is 0 Å². The molecule has 1 aromatic carbocycles. The third kappa shape index (κ3) is 2.67. The van der Waals surface area contributed by atoms with Gasteiger partial charge in [-0.2, -0.15) is 0 Å². The first-order chi connectivity index (χ1) is 17.7. The van der Waals surface area contributed by atoms with E-state index in [9.17, 15) is 15.3 Å². The maximum absolute atomic E-state index is 12.7. The molecule has 1 spiro atoms. The summed E-state index contributed by atoms with van der Waals surface area (Å²) in [6.45, 7) is 4.88. The Morgan fingerprint density at radius 3 is 2.81 bits per heavy atom. The van der Waals surface area contributed by atoms with E-state index in [2.05, 4.69) is 48.7 Å². The van der Waals surface area contributed by atoms with Crippen molar-refractivity contribution in [3.05, 3.63) is 53.8 Å². The van der Waals surface area contributed by atoms with E-state index in [-0.39, 0.29) is 28.3 Å². The van der Waals surface area contributed by atoms with E-state index < -0.39 is 11.7 Å². The largest absolute Gasteiger partial charge is 0.512 e. The summed E-state index contributed by atoms with van der Waals surface area (Å²) in [5.41, 5.74) is 1.29. The maximum atomic E-state index is 12.7. The molecule has 11 atom stereocenters. The summed E-state index contributed by atoms with van der Waals surface area (Å²) < 4.78 is 5.91. The molecule has 6 aliphatic carbocycles. The number of ether oxygens (including phenoxy) is 1. The lowest BCUT2D eigenvalue weighted by Crippen LogP contribution is -2.65. The van der Waals surface area contributed by atoms with Gasteiger partial charge in [0.05, 0.1) is 17.8 Å². The molecule has 11 unspecified atom stereocenters. The molecular weight excluding hydrogens is 462 g/mol. The normalized spacial score (nSPS) is 49.4. The Labute approximate surface area is 221 Å². The Morgan fingerprint density at radius 1 is 1.22 bits per heavy atom. The van der Waals surface area contributed by atoms with E-state index in [1.165, 1.54) is 31.2 Å². The minimum atomic E-state index is -1.03. The van der Waals surface area contributed by atoms with Crippen molar-refractivity contribution >= 4 is 5.69 Å². The van der Waals surface area contributed by atoms with Crippen LogP contribution >= 0.6 is 0 Å². The fourth-order valence-corrected chi connectivity index (χ4v) is 11.7. The van der Waals surface area contributed by atoms with Crippen LogP contribution in [0.25, 0.3) is 0 Å². The highest BCUT2D eigenvalue weighted by atomic mass is 16.5. The van der Waals surface area contributed by atoms with Crippen LogP contribution in [0.1, 0.15) is 57.9 Å². The molecule has 0 aromatic heterocycles. The van der Waals surface area contributed by atoms with E-state index in [4.69, 9.17) is 4.74 Å². The van der Waals surface area contributed by atoms with Crippen LogP contribution in [0.15, 0.2) is 48.3 Å². The molecule has 5 bridgehead atoms. The maximum Gasteiger partial charge on any atom is 0.111 e. The zero-order valence-corrected chi connectivity index (χ0v) is 22.5. The van der Waals surface area contributed by atoms with Crippen LogP contribution in [0.3, 0.4) is 0 Å². The fraction of sp³-hybridized carbons (Fsp3) is 0.688. The number of hydrogen-bond donors (Lipinski definition) is 4. The lowest BCUT2D eigenvalue weighted by Gasteiger charge is -2.63. The van der Waals surface area contributed by atoms with Gasteiger partial charge in [0.15, 0.2) is 0 Å². The summed E-state index contributed by atoms with van der Waals surface area (Å²) >= 11 is 0. The molecule has 200 valence electrons. The van der Waals surface area contributed by atoms with Crippen LogP contribution in [-0.4, -0.2) is 46.8 Å². The molecule has 6 aliphatic rings. The van der Waals surface area contributed by atoms with Gasteiger partial charge in [0, 0.05) is 24.8 Å². The number of aliphatic hydroxyl groups excluding tert-OH is 2. The highest BCUT2D eigenvalue weighted by Gasteiger charge is 2.88. The second kappa shape index (κ2) is 7.86. The van der Waals surface area contributed by atoms with Crippen molar-refractivity contribution in [1.29, 1.82) is 0 Å². The average molecular weight is 506 g/mol. The molecule has 5 heteroatoms. The van der Waals surface area contributed by atoms with Crippen molar-refractivity contribution in [2.75, 3.05) is 19.0 Å². The quantitative estimate of drug-likeness (QED) is 0.397. The number of rotatable bonds is 6. The predicted molar refractivity (Wildman–Crippen MR) is 144 cm³/mol. The smallest absolute Gasteiger partial charge is 0.111 e. The van der Waals surface area contributed by atoms with Crippen molar-refractivity contribution in [3.8, 4) is 0 Å². The Bertz CT molecular complexity index is 1160. The summed E-state index contributed by atoms with van der Waals surface area (Å²) in [5, 5.41) is 36.9. The molecule has 37 heavy (non-hydrogen) atoms. The molecule has 0 aliphatic heterocycles. The van der Waals surface area contributed by atoms with Crippen LogP contribution in [0.2, 0.25) is 0 Å². The number of methoxy groups -OCH3 is 1. The lowest BCUT2D eigenvalue weighted by atomic mass is 9.41. The van der Waals surface area contributed by atoms with E-state index in [0.717, 1.165) is 24.9 Å². The van der Waals surface area contributed by atoms with Crippen LogP contribution in [0.5, 0.6) is 0 Å². The Balaban J connectivity index is 1.26. The van der Waals surface area contributed by atoms with Crippen LogP contribution in [-0.2, 0) is 11.2 Å². The average Bonchev–Trinajstić information content (AvgIpc) is 3.45. The zero-order chi connectivity index (χ0) is 25.8. The van der Waals surface area contributed by atoms with E-state index >= 15 is 0 Å². The molecule has 4 fully saturated rings. The van der Waals surface area contributed by atoms with Gasteiger partial charge in [-0.1, -0.05) is 31.2 Å². The molecule has 0 amide bonds. The van der Waals surface area contributed by atoms with Gasteiger partial charge in [-0.15, -0.1) is 0 Å². The van der Waals surface area contributed by atoms with Crippen LogP contribution < -0.4 is 5.32 Å². The number of benzene rings is 1. The summed E-state index contributed by atoms with van der Waals surface area (Å²) in [6.07, 6.45) is 13.9. The SMILES string of the molecule is COC1C=C(O)C2C3CC4CCC56CCC(Cc7cccc(NCC(C)O)c7)C5C=CCC4(C12O)C36C. The van der Waals surface area contributed by atoms with Gasteiger partial charge in [-0.3, -0.25) is 0 Å². The lowest BCUT2D eigenvalue weighted by molar-refractivity contribution is -0.227. The van der Waals surface area contributed by atoms with Crippen LogP contribution in [0.4, 0.5) is 5.69 Å². The number of fused-ring (bicyclic) bond motifs is 2. The molecule has 1 aromatic rings. The number of nitrogens with one attached hydrogen (secondary N) is 1. The second-order valence-electron chi connectivity index (χ2n) is 13.5. The van der Waals surface area contributed by atoms with Crippen molar-refractivity contribution < 1.29 is 20.1 Å². The highest BCUT2D eigenvalue weighted by molar-refractivity contribution is 5.47. The van der Waals surface area contributed by atoms with Crippen LogP contribution in [0, 0.1) is 45.8 Å². The first-order valence-electron chi connectivity index (χ1n) is 14.6. The third-order valence-corrected chi connectivity index (χ3v) is 12.7. The molecule has 4 N–H and O–H groups in total. The van der Waals surface area contributed by atoms with Crippen molar-refractivity contribution in [3.63, 3.8) is 0 Å². The molecule has 5 nitrogen and oxygen atoms in total. The minimum absolute atomic E-state index is 0.0229. The van der Waals surface area contributed by atoms with Gasteiger partial charge in [0.25, 0.3) is 0 Å². The van der Waals surface area contributed by atoms with Gasteiger partial charge in [-0.25, -0.2) is 0 Å². The highest BCUT2D eigenvalue weighted by Crippen LogP contribution is 2.89. The first-order valence-corrected chi connectivity index (χ1v) is 14.6. The number of allylic oxidation sites excluding steroid dienone is 2. The van der Waals surface area contributed by atoms with Crippen molar-refractivity contribution in [2.24, 2.45) is 45.8 Å². The molecule has 0 radical (unpaired) electrons. The zero-order valence-electron chi connectivity index (χ0n) is 22.5. The number of anilines is 1. The molecular formula is C32H43NO4. The number of hydrogen-bond acceptors (Lipinski definition) is 5. The van der Waals surface area contributed by atoms with E-state index in [0.29, 0.717) is 36.0 Å². The Morgan fingerprint density at radius 2 is 2.03 bits per heavy atom. The molecule has 0 saturated heterocycles. The topological polar surface area (TPSA) is 82.0 Å². The van der Waals surface area contributed by atoms with E-state index in [1.807, 2.05) is 6.08 Å². The van der Waals surface area contributed by atoms with Gasteiger partial charge < -0.3 is 25.4 Å². The fourth-order valence-electron chi connectivity index (χ4n) is 11.7. The first kappa shape index (κ1) is 24.2. The minimum Gasteiger partial charge on any atom is -0.512 e. The van der Waals surface area contributed by atoms with Gasteiger partial charge in [0.2, 0.25) is 0 Å². The van der Waals surface area contributed by atoms with Gasteiger partial charge in [0.1, 0.15) is 11.7 Å². The molecule has 7 rings (SSSR count). The summed E-state index contributed by atoms with van der Waals surface area (Å²) in [5.74, 6) is 2.03. The third-order valence-electron chi connectivity index (χ3n) is 12.7.